The van der Waals surface area contributed by atoms with Gasteiger partial charge in [0.05, 0.1) is 11.9 Å². The van der Waals surface area contributed by atoms with Crippen LogP contribution in [0, 0.1) is 5.92 Å². The molecular weight excluding hydrogens is 347 g/mol. The molecular formula is C17H28Cl2N4O. The SMILES string of the molecule is Cl.Cl.NC1CCCCC1CC(=O)Nc1ccc(N2CCCC2)nc1. The van der Waals surface area contributed by atoms with Crippen molar-refractivity contribution in [1.29, 1.82) is 0 Å². The van der Waals surface area contributed by atoms with Crippen molar-refractivity contribution >= 4 is 42.2 Å². The van der Waals surface area contributed by atoms with Gasteiger partial charge in [-0.3, -0.25) is 4.79 Å². The molecule has 2 heterocycles. The van der Waals surface area contributed by atoms with Gasteiger partial charge in [0.2, 0.25) is 5.91 Å². The summed E-state index contributed by atoms with van der Waals surface area (Å²) in [6.45, 7) is 2.16. The van der Waals surface area contributed by atoms with Crippen LogP contribution in [0.25, 0.3) is 0 Å². The van der Waals surface area contributed by atoms with E-state index in [0.717, 1.165) is 37.4 Å². The summed E-state index contributed by atoms with van der Waals surface area (Å²) in [5.41, 5.74) is 6.89. The summed E-state index contributed by atoms with van der Waals surface area (Å²) in [5.74, 6) is 1.38. The second kappa shape index (κ2) is 10.1. The van der Waals surface area contributed by atoms with Crippen molar-refractivity contribution in [3.05, 3.63) is 18.3 Å². The Kier molecular flexibility index (Phi) is 8.81. The standard InChI is InChI=1S/C17H26N4O.2ClH/c18-15-6-2-1-5-13(15)11-17(22)20-14-7-8-16(19-12-14)21-9-3-4-10-21;;/h7-8,12-13,15H,1-6,9-11,18H2,(H,20,22);2*1H. The van der Waals surface area contributed by atoms with E-state index in [4.69, 9.17) is 5.73 Å². The van der Waals surface area contributed by atoms with Crippen molar-refractivity contribution < 1.29 is 4.79 Å². The molecule has 0 radical (unpaired) electrons. The topological polar surface area (TPSA) is 71.2 Å². The molecule has 2 fully saturated rings. The average molecular weight is 375 g/mol. The molecule has 5 nitrogen and oxygen atoms in total. The molecule has 2 unspecified atom stereocenters. The Balaban J connectivity index is 0.00000144. The van der Waals surface area contributed by atoms with Crippen LogP contribution in [-0.2, 0) is 4.79 Å². The highest BCUT2D eigenvalue weighted by molar-refractivity contribution is 5.90. The number of carbonyl (C=O) groups is 1. The van der Waals surface area contributed by atoms with Crippen LogP contribution in [0.3, 0.4) is 0 Å². The van der Waals surface area contributed by atoms with Gasteiger partial charge in [0.1, 0.15) is 5.82 Å². The van der Waals surface area contributed by atoms with E-state index in [-0.39, 0.29) is 36.8 Å². The molecule has 0 spiro atoms. The maximum Gasteiger partial charge on any atom is 0.224 e. The van der Waals surface area contributed by atoms with E-state index in [1.54, 1.807) is 6.20 Å². The Morgan fingerprint density at radius 1 is 1.17 bits per heavy atom. The van der Waals surface area contributed by atoms with Crippen LogP contribution in [0.15, 0.2) is 18.3 Å². The van der Waals surface area contributed by atoms with Gasteiger partial charge >= 0.3 is 0 Å². The Hall–Kier alpha value is -1.04. The summed E-state index contributed by atoms with van der Waals surface area (Å²) in [7, 11) is 0. The maximum absolute atomic E-state index is 12.2. The molecule has 1 aromatic rings. The monoisotopic (exact) mass is 374 g/mol. The number of pyridine rings is 1. The molecule has 1 saturated carbocycles. The van der Waals surface area contributed by atoms with Gasteiger partial charge in [-0.1, -0.05) is 12.8 Å². The minimum atomic E-state index is 0. The summed E-state index contributed by atoms with van der Waals surface area (Å²) < 4.78 is 0. The second-order valence-corrected chi connectivity index (χ2v) is 6.56. The number of halogens is 2. The van der Waals surface area contributed by atoms with Crippen molar-refractivity contribution in [2.45, 2.75) is 51.0 Å². The van der Waals surface area contributed by atoms with Gasteiger partial charge in [0.15, 0.2) is 0 Å². The Morgan fingerprint density at radius 3 is 2.50 bits per heavy atom. The summed E-state index contributed by atoms with van der Waals surface area (Å²) >= 11 is 0. The molecule has 3 rings (SSSR count). The summed E-state index contributed by atoms with van der Waals surface area (Å²) in [5, 5.41) is 2.95. The van der Waals surface area contributed by atoms with E-state index < -0.39 is 0 Å². The number of nitrogens with one attached hydrogen (secondary N) is 1. The number of amides is 1. The van der Waals surface area contributed by atoms with Crippen molar-refractivity contribution in [1.82, 2.24) is 4.98 Å². The molecule has 1 aliphatic heterocycles. The lowest BCUT2D eigenvalue weighted by atomic mass is 9.83. The predicted octanol–water partition coefficient (Wildman–Crippen LogP) is 3.37. The third-order valence-electron chi connectivity index (χ3n) is 4.88. The quantitative estimate of drug-likeness (QED) is 0.847. The number of nitrogens with two attached hydrogens (primary N) is 1. The molecule has 0 bridgehead atoms. The zero-order valence-corrected chi connectivity index (χ0v) is 15.6. The largest absolute Gasteiger partial charge is 0.357 e. The molecule has 0 aromatic carbocycles. The van der Waals surface area contributed by atoms with Gasteiger partial charge < -0.3 is 16.0 Å². The molecule has 1 amide bonds. The van der Waals surface area contributed by atoms with Crippen LogP contribution < -0.4 is 16.0 Å². The van der Waals surface area contributed by atoms with Crippen LogP contribution in [0.5, 0.6) is 0 Å². The van der Waals surface area contributed by atoms with E-state index in [9.17, 15) is 4.79 Å². The van der Waals surface area contributed by atoms with Crippen molar-refractivity contribution in [3.8, 4) is 0 Å². The smallest absolute Gasteiger partial charge is 0.224 e. The molecule has 1 saturated heterocycles. The van der Waals surface area contributed by atoms with Crippen LogP contribution in [0.1, 0.15) is 44.9 Å². The van der Waals surface area contributed by atoms with Crippen molar-refractivity contribution in [2.75, 3.05) is 23.3 Å². The van der Waals surface area contributed by atoms with Gasteiger partial charge in [-0.2, -0.15) is 0 Å². The molecule has 2 atom stereocenters. The lowest BCUT2D eigenvalue weighted by molar-refractivity contribution is -0.117. The first-order chi connectivity index (χ1) is 10.7. The highest BCUT2D eigenvalue weighted by Gasteiger charge is 2.24. The lowest BCUT2D eigenvalue weighted by Gasteiger charge is -2.27. The minimum absolute atomic E-state index is 0. The molecule has 7 heteroatoms. The fraction of sp³-hybridized carbons (Fsp3) is 0.647. The number of carbonyl (C=O) groups excluding carboxylic acids is 1. The van der Waals surface area contributed by atoms with Crippen molar-refractivity contribution in [2.24, 2.45) is 11.7 Å². The highest BCUT2D eigenvalue weighted by Crippen LogP contribution is 2.26. The van der Waals surface area contributed by atoms with E-state index >= 15 is 0 Å². The Bertz CT molecular complexity index is 506. The van der Waals surface area contributed by atoms with Crippen LogP contribution in [-0.4, -0.2) is 30.0 Å². The van der Waals surface area contributed by atoms with Crippen molar-refractivity contribution in [3.63, 3.8) is 0 Å². The zero-order chi connectivity index (χ0) is 15.4. The average Bonchev–Trinajstić information content (AvgIpc) is 3.05. The lowest BCUT2D eigenvalue weighted by Crippen LogP contribution is -2.35. The number of anilines is 2. The number of hydrogen-bond donors (Lipinski definition) is 2. The zero-order valence-electron chi connectivity index (χ0n) is 13.9. The molecule has 136 valence electrons. The van der Waals surface area contributed by atoms with Crippen LogP contribution in [0.4, 0.5) is 11.5 Å². The molecule has 1 aliphatic carbocycles. The van der Waals surface area contributed by atoms with Crippen LogP contribution in [0.2, 0.25) is 0 Å². The number of hydrogen-bond acceptors (Lipinski definition) is 4. The van der Waals surface area contributed by atoms with E-state index in [1.807, 2.05) is 12.1 Å². The molecule has 3 N–H and O–H groups in total. The molecule has 2 aliphatic rings. The predicted molar refractivity (Wildman–Crippen MR) is 103 cm³/mol. The highest BCUT2D eigenvalue weighted by atomic mass is 35.5. The minimum Gasteiger partial charge on any atom is -0.357 e. The first-order valence-corrected chi connectivity index (χ1v) is 8.49. The Labute approximate surface area is 156 Å². The fourth-order valence-electron chi connectivity index (χ4n) is 3.53. The van der Waals surface area contributed by atoms with E-state index in [0.29, 0.717) is 12.3 Å². The first kappa shape index (κ1) is 21.0. The van der Waals surface area contributed by atoms with E-state index in [1.165, 1.54) is 25.7 Å². The molecule has 24 heavy (non-hydrogen) atoms. The van der Waals surface area contributed by atoms with Gasteiger partial charge in [0.25, 0.3) is 0 Å². The summed E-state index contributed by atoms with van der Waals surface area (Å²) in [6.07, 6.45) is 9.26. The first-order valence-electron chi connectivity index (χ1n) is 8.49. The normalized spacial score (nSPS) is 23.1. The fourth-order valence-corrected chi connectivity index (χ4v) is 3.53. The van der Waals surface area contributed by atoms with Gasteiger partial charge in [-0.05, 0) is 43.7 Å². The Morgan fingerprint density at radius 2 is 1.88 bits per heavy atom. The number of aromatic nitrogens is 1. The number of rotatable bonds is 4. The van der Waals surface area contributed by atoms with Gasteiger partial charge in [0, 0.05) is 25.6 Å². The van der Waals surface area contributed by atoms with Gasteiger partial charge in [-0.15, -0.1) is 24.8 Å². The van der Waals surface area contributed by atoms with Crippen LogP contribution >= 0.6 is 24.8 Å². The maximum atomic E-state index is 12.2. The summed E-state index contributed by atoms with van der Waals surface area (Å²) in [4.78, 5) is 18.9. The third-order valence-corrected chi connectivity index (χ3v) is 4.88. The van der Waals surface area contributed by atoms with E-state index in [2.05, 4.69) is 15.2 Å². The number of nitrogens with zero attached hydrogens (tertiary/aromatic N) is 2. The van der Waals surface area contributed by atoms with Gasteiger partial charge in [-0.25, -0.2) is 4.98 Å². The third kappa shape index (κ3) is 5.50. The second-order valence-electron chi connectivity index (χ2n) is 6.56. The molecule has 1 aromatic heterocycles. The summed E-state index contributed by atoms with van der Waals surface area (Å²) in [6, 6.07) is 4.11.